The Bertz CT molecular complexity index is 1350. The minimum absolute atomic E-state index is 0.369. The minimum Gasteiger partial charge on any atom is -0.0654 e. The van der Waals surface area contributed by atoms with Crippen molar-refractivity contribution in [1.82, 2.24) is 0 Å². The first-order valence-corrected chi connectivity index (χ1v) is 16.5. The standard InChI is InChI=1S/C38H42P/c1-2-3-4-5-6-19-28-39-37(33-24-15-9-16-25-33)30-35(32-22-13-8-14-23-32)36(29-31-20-11-7-12-21-31)38(39)34-26-17-10-18-27-34/h7-18,20-27,37H,2-6,19,28-30H2,1H3/q+1. The van der Waals surface area contributed by atoms with Crippen LogP contribution in [0.25, 0.3) is 5.57 Å². The van der Waals surface area contributed by atoms with Gasteiger partial charge < -0.3 is 0 Å². The Kier molecular flexibility index (Phi) is 10.00. The molecule has 0 nitrogen and oxygen atoms in total. The maximum atomic E-state index is 2.38. The monoisotopic (exact) mass is 529 g/mol. The Morgan fingerprint density at radius 2 is 1.13 bits per heavy atom. The molecule has 5 rings (SSSR count). The van der Waals surface area contributed by atoms with E-state index in [1.165, 1.54) is 72.5 Å². The summed E-state index contributed by atoms with van der Waals surface area (Å²) in [6.07, 6.45) is 11.5. The van der Waals surface area contributed by atoms with Crippen LogP contribution in [0.2, 0.25) is 0 Å². The van der Waals surface area contributed by atoms with E-state index in [1.807, 2.05) is 0 Å². The van der Waals surface area contributed by atoms with Gasteiger partial charge in [-0.15, -0.1) is 0 Å². The minimum atomic E-state index is -0.369. The van der Waals surface area contributed by atoms with Crippen molar-refractivity contribution in [3.05, 3.63) is 149 Å². The van der Waals surface area contributed by atoms with Crippen LogP contribution in [-0.4, -0.2) is 11.5 Å². The second-order valence-corrected chi connectivity index (χ2v) is 13.2. The molecule has 4 aromatic carbocycles. The smallest absolute Gasteiger partial charge is 0.0654 e. The third-order valence-corrected chi connectivity index (χ3v) is 11.2. The predicted octanol–water partition coefficient (Wildman–Crippen LogP) is 10.9. The first kappa shape index (κ1) is 27.4. The fourth-order valence-corrected chi connectivity index (χ4v) is 9.45. The van der Waals surface area contributed by atoms with E-state index in [4.69, 9.17) is 0 Å². The van der Waals surface area contributed by atoms with Crippen LogP contribution in [0.4, 0.5) is 0 Å². The van der Waals surface area contributed by atoms with Crippen LogP contribution in [-0.2, 0) is 6.42 Å². The molecular weight excluding hydrogens is 487 g/mol. The van der Waals surface area contributed by atoms with Crippen molar-refractivity contribution >= 4 is 18.4 Å². The van der Waals surface area contributed by atoms with Crippen LogP contribution < -0.4 is 0 Å². The van der Waals surface area contributed by atoms with Crippen molar-refractivity contribution in [2.45, 2.75) is 63.9 Å². The third kappa shape index (κ3) is 7.06. The molecule has 0 bridgehead atoms. The molecule has 0 spiro atoms. The Labute approximate surface area is 237 Å². The number of hydrogen-bond acceptors (Lipinski definition) is 0. The first-order chi connectivity index (χ1) is 19.3. The summed E-state index contributed by atoms with van der Waals surface area (Å²) in [5, 5.41) is 1.64. The average molecular weight is 530 g/mol. The Morgan fingerprint density at radius 1 is 0.590 bits per heavy atom. The molecule has 0 N–H and O–H groups in total. The molecule has 1 heteroatoms. The summed E-state index contributed by atoms with van der Waals surface area (Å²) in [6, 6.07) is 45.1. The highest BCUT2D eigenvalue weighted by atomic mass is 31.1. The molecule has 1 aliphatic rings. The molecule has 1 heterocycles. The van der Waals surface area contributed by atoms with Crippen LogP contribution in [0, 0.1) is 0 Å². The van der Waals surface area contributed by atoms with Crippen molar-refractivity contribution in [3.8, 4) is 0 Å². The quantitative estimate of drug-likeness (QED) is 0.126. The molecule has 0 amide bonds. The van der Waals surface area contributed by atoms with Crippen molar-refractivity contribution in [3.63, 3.8) is 0 Å². The Morgan fingerprint density at radius 3 is 1.77 bits per heavy atom. The van der Waals surface area contributed by atoms with E-state index in [0.29, 0.717) is 5.66 Å². The van der Waals surface area contributed by atoms with Gasteiger partial charge in [-0.3, -0.25) is 0 Å². The maximum Gasteiger partial charge on any atom is 0.155 e. The van der Waals surface area contributed by atoms with E-state index in [2.05, 4.69) is 128 Å². The topological polar surface area (TPSA) is 0 Å². The Balaban J connectivity index is 1.67. The zero-order valence-electron chi connectivity index (χ0n) is 23.4. The highest BCUT2D eigenvalue weighted by Crippen LogP contribution is 2.56. The molecule has 0 saturated heterocycles. The van der Waals surface area contributed by atoms with Gasteiger partial charge in [-0.05, 0) is 35.1 Å². The number of hydrogen-bond donors (Lipinski definition) is 0. The van der Waals surface area contributed by atoms with Gasteiger partial charge in [0.25, 0.3) is 0 Å². The van der Waals surface area contributed by atoms with Crippen LogP contribution >= 0.6 is 7.55 Å². The number of allylic oxidation sites excluding steroid dienone is 2. The zero-order chi connectivity index (χ0) is 26.7. The van der Waals surface area contributed by atoms with Gasteiger partial charge in [0.1, 0.15) is 19.4 Å². The highest BCUT2D eigenvalue weighted by Gasteiger charge is 2.39. The van der Waals surface area contributed by atoms with Gasteiger partial charge in [-0.25, -0.2) is 0 Å². The third-order valence-electron chi connectivity index (χ3n) is 8.04. The fourth-order valence-electron chi connectivity index (χ4n) is 6.06. The summed E-state index contributed by atoms with van der Waals surface area (Å²) < 4.78 is 0. The molecule has 4 aromatic rings. The van der Waals surface area contributed by atoms with Crippen molar-refractivity contribution < 1.29 is 0 Å². The van der Waals surface area contributed by atoms with Crippen molar-refractivity contribution in [2.24, 2.45) is 0 Å². The first-order valence-electron chi connectivity index (χ1n) is 14.9. The van der Waals surface area contributed by atoms with Crippen LogP contribution in [0.1, 0.15) is 79.8 Å². The van der Waals surface area contributed by atoms with E-state index in [0.717, 1.165) is 12.8 Å². The lowest BCUT2D eigenvalue weighted by atomic mass is 9.86. The molecule has 0 aliphatic carbocycles. The molecule has 0 radical (unpaired) electrons. The molecule has 0 saturated carbocycles. The number of benzene rings is 4. The highest BCUT2D eigenvalue weighted by molar-refractivity contribution is 7.60. The zero-order valence-corrected chi connectivity index (χ0v) is 24.3. The van der Waals surface area contributed by atoms with Crippen LogP contribution in [0.5, 0.6) is 0 Å². The van der Waals surface area contributed by atoms with Gasteiger partial charge in [0.2, 0.25) is 0 Å². The second-order valence-electron chi connectivity index (χ2n) is 10.8. The molecule has 198 valence electrons. The molecule has 0 aromatic heterocycles. The van der Waals surface area contributed by atoms with E-state index >= 15 is 0 Å². The Hall–Kier alpha value is -3.21. The van der Waals surface area contributed by atoms with E-state index < -0.39 is 0 Å². The number of rotatable bonds is 12. The summed E-state index contributed by atoms with van der Waals surface area (Å²) in [7, 11) is -0.369. The molecule has 2 unspecified atom stereocenters. The van der Waals surface area contributed by atoms with E-state index in [9.17, 15) is 0 Å². The predicted molar refractivity (Wildman–Crippen MR) is 173 cm³/mol. The average Bonchev–Trinajstić information content (AvgIpc) is 3.01. The summed E-state index contributed by atoms with van der Waals surface area (Å²) >= 11 is 0. The second kappa shape index (κ2) is 14.3. The maximum absolute atomic E-state index is 2.38. The number of unbranched alkanes of at least 4 members (excludes halogenated alkanes) is 5. The molecule has 0 fully saturated rings. The van der Waals surface area contributed by atoms with Gasteiger partial charge in [-0.2, -0.15) is 0 Å². The van der Waals surface area contributed by atoms with Crippen LogP contribution in [0.15, 0.2) is 127 Å². The lowest BCUT2D eigenvalue weighted by Gasteiger charge is -2.27. The summed E-state index contributed by atoms with van der Waals surface area (Å²) in [6.45, 7) is 2.31. The van der Waals surface area contributed by atoms with Crippen molar-refractivity contribution in [1.29, 1.82) is 0 Å². The van der Waals surface area contributed by atoms with E-state index in [1.54, 1.807) is 10.9 Å². The largest absolute Gasteiger partial charge is 0.155 e. The molecule has 39 heavy (non-hydrogen) atoms. The van der Waals surface area contributed by atoms with Crippen LogP contribution in [0.3, 0.4) is 0 Å². The molecule has 2 atom stereocenters. The fraction of sp³-hybridized carbons (Fsp3) is 0.289. The van der Waals surface area contributed by atoms with Gasteiger partial charge in [-0.1, -0.05) is 154 Å². The van der Waals surface area contributed by atoms with Gasteiger partial charge >= 0.3 is 0 Å². The summed E-state index contributed by atoms with van der Waals surface area (Å²) in [5.74, 6) is 0. The van der Waals surface area contributed by atoms with Gasteiger partial charge in [0.15, 0.2) is 5.29 Å². The molecular formula is C38H42P+. The van der Waals surface area contributed by atoms with E-state index in [-0.39, 0.29) is 7.55 Å². The summed E-state index contributed by atoms with van der Waals surface area (Å²) in [4.78, 5) is 0. The normalized spacial score (nSPS) is 16.5. The SMILES string of the molecule is CCCCCCCC[P+]1=C(c2ccccc2)C(Cc2ccccc2)=C(c2ccccc2)CC1c1ccccc1. The van der Waals surface area contributed by atoms with Gasteiger partial charge in [0.05, 0.1) is 0 Å². The van der Waals surface area contributed by atoms with Crippen molar-refractivity contribution in [2.75, 3.05) is 6.16 Å². The summed E-state index contributed by atoms with van der Waals surface area (Å²) in [5.41, 5.74) is 9.37. The van der Waals surface area contributed by atoms with Gasteiger partial charge in [0, 0.05) is 24.0 Å². The lowest BCUT2D eigenvalue weighted by Crippen LogP contribution is -2.18. The molecule has 1 aliphatic heterocycles. The lowest BCUT2D eigenvalue weighted by molar-refractivity contribution is 0.626.